The van der Waals surface area contributed by atoms with Crippen molar-refractivity contribution in [3.05, 3.63) is 0 Å². The van der Waals surface area contributed by atoms with E-state index >= 15 is 0 Å². The number of hydrogen-bond donors (Lipinski definition) is 2. The Morgan fingerprint density at radius 1 is 1.21 bits per heavy atom. The number of ether oxygens (including phenoxy) is 1. The molecule has 4 heteroatoms. The molecule has 0 saturated carbocycles. The molecule has 0 rings (SSSR count). The molecule has 4 nitrogen and oxygen atoms in total. The topological polar surface area (TPSA) is 66.8 Å². The first-order valence-electron chi connectivity index (χ1n) is 4.70. The summed E-state index contributed by atoms with van der Waals surface area (Å²) in [5.74, 6) is -0.446. The minimum atomic E-state index is -0.882. The minimum absolute atomic E-state index is 0.0279. The van der Waals surface area contributed by atoms with E-state index in [1.807, 2.05) is 0 Å². The van der Waals surface area contributed by atoms with E-state index in [4.69, 9.17) is 14.9 Å². The second-order valence-electron chi connectivity index (χ2n) is 4.66. The quantitative estimate of drug-likeness (QED) is 0.647. The Balaban J connectivity index is 4.31. The zero-order valence-corrected chi connectivity index (χ0v) is 9.33. The first kappa shape index (κ1) is 13.4. The van der Waals surface area contributed by atoms with Crippen LogP contribution in [0.4, 0.5) is 0 Å². The minimum Gasteiger partial charge on any atom is -0.459 e. The van der Waals surface area contributed by atoms with Crippen molar-refractivity contribution in [2.75, 3.05) is 13.2 Å². The molecule has 0 saturated heterocycles. The average Bonchev–Trinajstić information content (AvgIpc) is 2.03. The van der Waals surface area contributed by atoms with Crippen LogP contribution in [0.1, 0.15) is 34.1 Å². The Morgan fingerprint density at radius 3 is 2.07 bits per heavy atom. The fourth-order valence-electron chi connectivity index (χ4n) is 0.774. The lowest BCUT2D eigenvalue weighted by Gasteiger charge is -2.29. The molecular formula is C10H20O4. The number of esters is 1. The first-order chi connectivity index (χ1) is 6.25. The van der Waals surface area contributed by atoms with Crippen molar-refractivity contribution in [3.63, 3.8) is 0 Å². The lowest BCUT2D eigenvalue weighted by Crippen LogP contribution is -2.38. The third-order valence-electron chi connectivity index (χ3n) is 2.03. The van der Waals surface area contributed by atoms with Crippen molar-refractivity contribution < 1.29 is 19.7 Å². The third kappa shape index (κ3) is 4.07. The van der Waals surface area contributed by atoms with Gasteiger partial charge in [-0.15, -0.1) is 0 Å². The lowest BCUT2D eigenvalue weighted by molar-refractivity contribution is -0.170. The van der Waals surface area contributed by atoms with Gasteiger partial charge in [0.1, 0.15) is 5.60 Å². The van der Waals surface area contributed by atoms with Gasteiger partial charge in [0.05, 0.1) is 12.0 Å². The van der Waals surface area contributed by atoms with Gasteiger partial charge in [-0.3, -0.25) is 4.79 Å². The fourth-order valence-corrected chi connectivity index (χ4v) is 0.774. The molecule has 0 aromatic carbocycles. The summed E-state index contributed by atoms with van der Waals surface area (Å²) in [5.41, 5.74) is -1.56. The van der Waals surface area contributed by atoms with Gasteiger partial charge in [-0.25, -0.2) is 0 Å². The summed E-state index contributed by atoms with van der Waals surface area (Å²) >= 11 is 0. The summed E-state index contributed by atoms with van der Waals surface area (Å²) in [5, 5.41) is 17.7. The lowest BCUT2D eigenvalue weighted by atomic mass is 9.94. The van der Waals surface area contributed by atoms with Gasteiger partial charge in [-0.1, -0.05) is 0 Å². The van der Waals surface area contributed by atoms with Gasteiger partial charge in [0.2, 0.25) is 0 Å². The average molecular weight is 204 g/mol. The molecule has 84 valence electrons. The van der Waals surface area contributed by atoms with Gasteiger partial charge >= 0.3 is 5.97 Å². The predicted octanol–water partition coefficient (Wildman–Crippen LogP) is 0.709. The number of hydrogen-bond acceptors (Lipinski definition) is 4. The molecule has 0 aromatic heterocycles. The smallest absolute Gasteiger partial charge is 0.314 e. The van der Waals surface area contributed by atoms with Gasteiger partial charge in [0.25, 0.3) is 0 Å². The number of rotatable bonds is 5. The van der Waals surface area contributed by atoms with E-state index < -0.39 is 17.0 Å². The van der Waals surface area contributed by atoms with Gasteiger partial charge in [-0.2, -0.15) is 0 Å². The molecule has 2 N–H and O–H groups in total. The summed E-state index contributed by atoms with van der Waals surface area (Å²) in [6, 6.07) is 0. The van der Waals surface area contributed by atoms with Crippen LogP contribution >= 0.6 is 0 Å². The van der Waals surface area contributed by atoms with Crippen molar-refractivity contribution in [2.24, 2.45) is 5.41 Å². The van der Waals surface area contributed by atoms with Crippen molar-refractivity contribution in [1.29, 1.82) is 0 Å². The van der Waals surface area contributed by atoms with Crippen molar-refractivity contribution >= 4 is 5.97 Å². The molecule has 0 fully saturated rings. The van der Waals surface area contributed by atoms with Crippen LogP contribution in [0.5, 0.6) is 0 Å². The molecule has 0 aliphatic carbocycles. The monoisotopic (exact) mass is 204 g/mol. The highest BCUT2D eigenvalue weighted by Crippen LogP contribution is 2.22. The predicted molar refractivity (Wildman–Crippen MR) is 52.7 cm³/mol. The third-order valence-corrected chi connectivity index (χ3v) is 2.03. The molecule has 0 spiro atoms. The zero-order chi connectivity index (χ0) is 11.4. The molecule has 0 aliphatic heterocycles. The normalized spacial score (nSPS) is 12.7. The van der Waals surface area contributed by atoms with Crippen LogP contribution in [0.15, 0.2) is 0 Å². The second kappa shape index (κ2) is 4.75. The summed E-state index contributed by atoms with van der Waals surface area (Å²) in [7, 11) is 0. The maximum Gasteiger partial charge on any atom is 0.314 e. The Kier molecular flexibility index (Phi) is 4.55. The van der Waals surface area contributed by atoms with E-state index in [2.05, 4.69) is 0 Å². The summed E-state index contributed by atoms with van der Waals surface area (Å²) in [4.78, 5) is 11.5. The molecule has 14 heavy (non-hydrogen) atoms. The maximum atomic E-state index is 11.5. The van der Waals surface area contributed by atoms with Gasteiger partial charge in [0, 0.05) is 13.0 Å². The molecule has 0 amide bonds. The number of aliphatic hydroxyl groups excluding tert-OH is 2. The number of carbonyl (C=O) groups is 1. The second-order valence-corrected chi connectivity index (χ2v) is 4.66. The van der Waals surface area contributed by atoms with Gasteiger partial charge in [0.15, 0.2) is 0 Å². The van der Waals surface area contributed by atoms with E-state index in [1.54, 1.807) is 27.7 Å². The van der Waals surface area contributed by atoms with Crippen molar-refractivity contribution in [1.82, 2.24) is 0 Å². The van der Waals surface area contributed by atoms with E-state index in [-0.39, 0.29) is 13.2 Å². The van der Waals surface area contributed by atoms with Crippen LogP contribution < -0.4 is 0 Å². The highest BCUT2D eigenvalue weighted by Gasteiger charge is 2.33. The summed E-state index contributed by atoms with van der Waals surface area (Å²) in [6.07, 6.45) is 0.389. The first-order valence-corrected chi connectivity index (χ1v) is 4.70. The molecular weight excluding hydrogens is 184 g/mol. The maximum absolute atomic E-state index is 11.5. The molecule has 0 radical (unpaired) electrons. The fraction of sp³-hybridized carbons (Fsp3) is 0.900. The standard InChI is InChI=1S/C10H20O4/c1-9(2,7-12)8(13)14-10(3,4)5-6-11/h11-12H,5-7H2,1-4H3. The number of aliphatic hydroxyl groups is 2. The van der Waals surface area contributed by atoms with Crippen LogP contribution in [0.3, 0.4) is 0 Å². The Bertz CT molecular complexity index is 196. The SMILES string of the molecule is CC(C)(CCO)OC(=O)C(C)(C)CO. The van der Waals surface area contributed by atoms with Crippen LogP contribution in [-0.2, 0) is 9.53 Å². The molecule has 0 unspecified atom stereocenters. The van der Waals surface area contributed by atoms with Crippen LogP contribution in [0.2, 0.25) is 0 Å². The largest absolute Gasteiger partial charge is 0.459 e. The zero-order valence-electron chi connectivity index (χ0n) is 9.33. The highest BCUT2D eigenvalue weighted by molar-refractivity contribution is 5.76. The van der Waals surface area contributed by atoms with E-state index in [0.29, 0.717) is 6.42 Å². The molecule has 0 aromatic rings. The van der Waals surface area contributed by atoms with Crippen molar-refractivity contribution in [2.45, 2.75) is 39.7 Å². The molecule has 0 aliphatic rings. The van der Waals surface area contributed by atoms with E-state index in [1.165, 1.54) is 0 Å². The van der Waals surface area contributed by atoms with Crippen LogP contribution in [0.25, 0.3) is 0 Å². The van der Waals surface area contributed by atoms with Crippen LogP contribution in [-0.4, -0.2) is 35.0 Å². The Morgan fingerprint density at radius 2 is 1.71 bits per heavy atom. The van der Waals surface area contributed by atoms with Crippen molar-refractivity contribution in [3.8, 4) is 0 Å². The highest BCUT2D eigenvalue weighted by atomic mass is 16.6. The molecule has 0 bridgehead atoms. The van der Waals surface area contributed by atoms with Gasteiger partial charge in [-0.05, 0) is 27.7 Å². The van der Waals surface area contributed by atoms with E-state index in [9.17, 15) is 4.79 Å². The van der Waals surface area contributed by atoms with Gasteiger partial charge < -0.3 is 14.9 Å². The number of carbonyl (C=O) groups excluding carboxylic acids is 1. The van der Waals surface area contributed by atoms with Crippen LogP contribution in [0, 0.1) is 5.41 Å². The van der Waals surface area contributed by atoms with E-state index in [0.717, 1.165) is 0 Å². The summed E-state index contributed by atoms with van der Waals surface area (Å²) in [6.45, 7) is 6.42. The molecule has 0 heterocycles. The molecule has 0 atom stereocenters. The Hall–Kier alpha value is -0.610. The Labute approximate surface area is 84.9 Å². The summed E-state index contributed by atoms with van der Waals surface area (Å²) < 4.78 is 5.18.